The van der Waals surface area contributed by atoms with Crippen LogP contribution in [0.1, 0.15) is 5.56 Å². The van der Waals surface area contributed by atoms with Gasteiger partial charge in [-0.1, -0.05) is 30.3 Å². The Hall–Kier alpha value is -2.03. The number of benzene rings is 2. The van der Waals surface area contributed by atoms with Crippen molar-refractivity contribution < 1.29 is 14.2 Å². The first-order valence-corrected chi connectivity index (χ1v) is 4.90. The third-order valence-corrected chi connectivity index (χ3v) is 2.10. The molecule has 0 saturated carbocycles. The maximum absolute atomic E-state index is 12.9. The van der Waals surface area contributed by atoms with Gasteiger partial charge in [0.05, 0.1) is 0 Å². The topological polar surface area (TPSA) is 29.5 Å². The largest absolute Gasteiger partial charge is 0.508 e. The fraction of sp³-hybridized carbons (Fsp3) is 0.0769. The molecule has 2 aromatic carbocycles. The molecule has 0 spiro atoms. The van der Waals surface area contributed by atoms with E-state index < -0.39 is 5.82 Å². The van der Waals surface area contributed by atoms with E-state index in [0.717, 1.165) is 11.6 Å². The van der Waals surface area contributed by atoms with Crippen molar-refractivity contribution in [3.05, 3.63) is 59.9 Å². The van der Waals surface area contributed by atoms with Crippen molar-refractivity contribution in [1.29, 1.82) is 0 Å². The van der Waals surface area contributed by atoms with Crippen LogP contribution in [-0.2, 0) is 6.61 Å². The van der Waals surface area contributed by atoms with Crippen molar-refractivity contribution in [2.75, 3.05) is 0 Å². The highest BCUT2D eigenvalue weighted by atomic mass is 19.1. The van der Waals surface area contributed by atoms with Crippen LogP contribution in [0.25, 0.3) is 0 Å². The lowest BCUT2D eigenvalue weighted by Gasteiger charge is -2.06. The fourth-order valence-corrected chi connectivity index (χ4v) is 1.37. The van der Waals surface area contributed by atoms with Gasteiger partial charge < -0.3 is 9.84 Å². The molecule has 0 unspecified atom stereocenters. The molecule has 2 rings (SSSR count). The average Bonchev–Trinajstić information content (AvgIpc) is 2.27. The number of phenols is 1. The molecule has 0 atom stereocenters. The number of aromatic hydroxyl groups is 1. The summed E-state index contributed by atoms with van der Waals surface area (Å²) in [5, 5.41) is 9.17. The van der Waals surface area contributed by atoms with Gasteiger partial charge in [0.2, 0.25) is 0 Å². The van der Waals surface area contributed by atoms with E-state index in [2.05, 4.69) is 0 Å². The van der Waals surface area contributed by atoms with E-state index in [0.29, 0.717) is 12.4 Å². The molecular formula is C13H11FO2. The van der Waals surface area contributed by atoms with Crippen LogP contribution in [0.3, 0.4) is 0 Å². The molecule has 0 amide bonds. The van der Waals surface area contributed by atoms with E-state index in [4.69, 9.17) is 4.74 Å². The average molecular weight is 218 g/mol. The molecule has 0 aliphatic heterocycles. The Morgan fingerprint density at radius 1 is 1.06 bits per heavy atom. The normalized spacial score (nSPS) is 10.1. The number of halogens is 1. The Balaban J connectivity index is 2.05. The minimum absolute atomic E-state index is 0.136. The zero-order valence-electron chi connectivity index (χ0n) is 8.56. The van der Waals surface area contributed by atoms with E-state index in [1.165, 1.54) is 12.1 Å². The summed E-state index contributed by atoms with van der Waals surface area (Å²) in [7, 11) is 0. The van der Waals surface area contributed by atoms with Crippen LogP contribution in [-0.4, -0.2) is 5.11 Å². The van der Waals surface area contributed by atoms with Gasteiger partial charge in [-0.25, -0.2) is 4.39 Å². The van der Waals surface area contributed by atoms with Gasteiger partial charge in [-0.15, -0.1) is 0 Å². The van der Waals surface area contributed by atoms with Crippen molar-refractivity contribution in [3.8, 4) is 11.5 Å². The van der Waals surface area contributed by atoms with Gasteiger partial charge in [-0.05, 0) is 5.56 Å². The van der Waals surface area contributed by atoms with Gasteiger partial charge in [-0.2, -0.15) is 0 Å². The number of hydrogen-bond acceptors (Lipinski definition) is 2. The Kier molecular flexibility index (Phi) is 3.05. The molecule has 2 aromatic rings. The fourth-order valence-electron chi connectivity index (χ4n) is 1.37. The molecule has 0 aromatic heterocycles. The van der Waals surface area contributed by atoms with Gasteiger partial charge >= 0.3 is 0 Å². The first-order valence-electron chi connectivity index (χ1n) is 4.90. The van der Waals surface area contributed by atoms with Crippen LogP contribution in [0.15, 0.2) is 48.5 Å². The molecule has 0 fully saturated rings. The summed E-state index contributed by atoms with van der Waals surface area (Å²) in [6.45, 7) is 0.351. The zero-order chi connectivity index (χ0) is 11.4. The summed E-state index contributed by atoms with van der Waals surface area (Å²) in [6, 6.07) is 13.2. The van der Waals surface area contributed by atoms with Gasteiger partial charge in [0.1, 0.15) is 23.9 Å². The third kappa shape index (κ3) is 2.73. The van der Waals surface area contributed by atoms with Gasteiger partial charge in [-0.3, -0.25) is 0 Å². The maximum atomic E-state index is 12.9. The monoisotopic (exact) mass is 218 g/mol. The van der Waals surface area contributed by atoms with Crippen LogP contribution < -0.4 is 4.74 Å². The van der Waals surface area contributed by atoms with E-state index in [-0.39, 0.29) is 5.75 Å². The minimum Gasteiger partial charge on any atom is -0.508 e. The van der Waals surface area contributed by atoms with Crippen LogP contribution in [0.5, 0.6) is 11.5 Å². The highest BCUT2D eigenvalue weighted by Crippen LogP contribution is 2.21. The summed E-state index contributed by atoms with van der Waals surface area (Å²) >= 11 is 0. The highest BCUT2D eigenvalue weighted by Gasteiger charge is 2.00. The molecule has 0 heterocycles. The molecule has 0 bridgehead atoms. The molecule has 0 radical (unpaired) electrons. The minimum atomic E-state index is -0.511. The molecule has 0 aliphatic carbocycles. The van der Waals surface area contributed by atoms with Crippen molar-refractivity contribution in [1.82, 2.24) is 0 Å². The SMILES string of the molecule is Oc1cc(F)cc(OCc2ccccc2)c1. The van der Waals surface area contributed by atoms with Crippen molar-refractivity contribution in [3.63, 3.8) is 0 Å². The Morgan fingerprint density at radius 3 is 2.50 bits per heavy atom. The third-order valence-electron chi connectivity index (χ3n) is 2.10. The van der Waals surface area contributed by atoms with Crippen molar-refractivity contribution in [2.45, 2.75) is 6.61 Å². The summed E-state index contributed by atoms with van der Waals surface area (Å²) in [5.41, 5.74) is 0.992. The molecule has 0 saturated heterocycles. The highest BCUT2D eigenvalue weighted by molar-refractivity contribution is 5.33. The van der Waals surface area contributed by atoms with Crippen LogP contribution in [0.2, 0.25) is 0 Å². The first-order chi connectivity index (χ1) is 7.74. The summed E-state index contributed by atoms with van der Waals surface area (Å²) in [6.07, 6.45) is 0. The smallest absolute Gasteiger partial charge is 0.130 e. The predicted octanol–water partition coefficient (Wildman–Crippen LogP) is 3.11. The number of ether oxygens (including phenoxy) is 1. The number of hydrogen-bond donors (Lipinski definition) is 1. The molecular weight excluding hydrogens is 207 g/mol. The van der Waals surface area contributed by atoms with Crippen LogP contribution in [0, 0.1) is 5.82 Å². The summed E-state index contributed by atoms with van der Waals surface area (Å²) in [5.74, 6) is -0.326. The second-order valence-electron chi connectivity index (χ2n) is 3.42. The number of phenolic OH excluding ortho intramolecular Hbond substituents is 1. The second-order valence-corrected chi connectivity index (χ2v) is 3.42. The lowest BCUT2D eigenvalue weighted by Crippen LogP contribution is -1.95. The lowest BCUT2D eigenvalue weighted by molar-refractivity contribution is 0.302. The molecule has 1 N–H and O–H groups in total. The Bertz CT molecular complexity index is 448. The molecule has 3 heteroatoms. The lowest BCUT2D eigenvalue weighted by atomic mass is 10.2. The van der Waals surface area contributed by atoms with E-state index in [1.54, 1.807) is 0 Å². The molecule has 0 aliphatic rings. The summed E-state index contributed by atoms with van der Waals surface area (Å²) in [4.78, 5) is 0. The van der Waals surface area contributed by atoms with E-state index in [1.807, 2.05) is 30.3 Å². The Labute approximate surface area is 92.9 Å². The Morgan fingerprint density at radius 2 is 1.81 bits per heavy atom. The van der Waals surface area contributed by atoms with Crippen LogP contribution >= 0.6 is 0 Å². The summed E-state index contributed by atoms with van der Waals surface area (Å²) < 4.78 is 18.3. The molecule has 2 nitrogen and oxygen atoms in total. The van der Waals surface area contributed by atoms with Gasteiger partial charge in [0, 0.05) is 18.2 Å². The van der Waals surface area contributed by atoms with E-state index in [9.17, 15) is 9.50 Å². The molecule has 16 heavy (non-hydrogen) atoms. The zero-order valence-corrected chi connectivity index (χ0v) is 8.56. The molecule has 82 valence electrons. The van der Waals surface area contributed by atoms with Crippen LogP contribution in [0.4, 0.5) is 4.39 Å². The standard InChI is InChI=1S/C13H11FO2/c14-11-6-12(15)8-13(7-11)16-9-10-4-2-1-3-5-10/h1-8,15H,9H2. The van der Waals surface area contributed by atoms with Gasteiger partial charge in [0.15, 0.2) is 0 Å². The van der Waals surface area contributed by atoms with Crippen molar-refractivity contribution >= 4 is 0 Å². The maximum Gasteiger partial charge on any atom is 0.130 e. The van der Waals surface area contributed by atoms with E-state index >= 15 is 0 Å². The van der Waals surface area contributed by atoms with Crippen molar-refractivity contribution in [2.24, 2.45) is 0 Å². The number of rotatable bonds is 3. The predicted molar refractivity (Wildman–Crippen MR) is 58.8 cm³/mol. The van der Waals surface area contributed by atoms with Gasteiger partial charge in [0.25, 0.3) is 0 Å². The first kappa shape index (κ1) is 10.5. The second kappa shape index (κ2) is 4.66. The quantitative estimate of drug-likeness (QED) is 0.857.